The Morgan fingerprint density at radius 2 is 2.00 bits per heavy atom. The monoisotopic (exact) mass is 322 g/mol. The zero-order valence-electron chi connectivity index (χ0n) is 13.8. The number of hydrogen-bond acceptors (Lipinski definition) is 5. The third kappa shape index (κ3) is 6.69. The van der Waals surface area contributed by atoms with Gasteiger partial charge in [0.05, 0.1) is 6.61 Å². The van der Waals surface area contributed by atoms with Crippen LogP contribution in [0.3, 0.4) is 0 Å². The fraction of sp³-hybridized carbons (Fsp3) is 0.529. The molecule has 1 amide bonds. The second-order valence-electron chi connectivity index (χ2n) is 5.37. The van der Waals surface area contributed by atoms with Crippen molar-refractivity contribution in [2.24, 2.45) is 11.8 Å². The number of para-hydroxylation sites is 1. The van der Waals surface area contributed by atoms with E-state index in [1.807, 2.05) is 5.43 Å². The Kier molecular flexibility index (Phi) is 8.75. The van der Waals surface area contributed by atoms with Gasteiger partial charge in [-0.2, -0.15) is 0 Å². The van der Waals surface area contributed by atoms with Crippen LogP contribution < -0.4 is 16.0 Å². The molecule has 0 aromatic heterocycles. The minimum atomic E-state index is -0.473. The molecule has 0 heterocycles. The van der Waals surface area contributed by atoms with Crippen LogP contribution in [0.5, 0.6) is 5.75 Å². The molecule has 0 radical (unpaired) electrons. The van der Waals surface area contributed by atoms with E-state index in [9.17, 15) is 9.59 Å². The number of carbonyl (C=O) groups is 2. The topological polar surface area (TPSA) is 90.6 Å². The van der Waals surface area contributed by atoms with Crippen LogP contribution in [0.2, 0.25) is 0 Å². The van der Waals surface area contributed by atoms with Gasteiger partial charge in [0, 0.05) is 0 Å². The Morgan fingerprint density at radius 3 is 2.65 bits per heavy atom. The average molecular weight is 322 g/mol. The summed E-state index contributed by atoms with van der Waals surface area (Å²) in [5.41, 5.74) is 2.28. The van der Waals surface area contributed by atoms with Crippen LogP contribution in [0.15, 0.2) is 24.3 Å². The van der Waals surface area contributed by atoms with Crippen LogP contribution in [0, 0.1) is 5.92 Å². The molecule has 1 aromatic rings. The van der Waals surface area contributed by atoms with E-state index in [0.717, 1.165) is 25.7 Å². The number of hydrogen-bond donors (Lipinski definition) is 2. The summed E-state index contributed by atoms with van der Waals surface area (Å²) in [4.78, 5) is 23.4. The Bertz CT molecular complexity index is 505. The molecule has 0 spiro atoms. The maximum Gasteiger partial charge on any atom is 0.341 e. The molecule has 0 unspecified atom stereocenters. The third-order valence-corrected chi connectivity index (χ3v) is 3.62. The molecule has 0 saturated carbocycles. The molecule has 0 aliphatic heterocycles. The minimum absolute atomic E-state index is 0.255. The smallest absolute Gasteiger partial charge is 0.341 e. The summed E-state index contributed by atoms with van der Waals surface area (Å²) in [6.07, 6.45) is 4.28. The highest BCUT2D eigenvalue weighted by atomic mass is 16.5. The third-order valence-electron chi connectivity index (χ3n) is 3.62. The van der Waals surface area contributed by atoms with Crippen molar-refractivity contribution in [2.45, 2.75) is 39.5 Å². The average Bonchev–Trinajstić information content (AvgIpc) is 2.59. The summed E-state index contributed by atoms with van der Waals surface area (Å²) < 4.78 is 10.7. The fourth-order valence-corrected chi connectivity index (χ4v) is 2.12. The molecule has 0 fully saturated rings. The van der Waals surface area contributed by atoms with Crippen molar-refractivity contribution in [1.29, 1.82) is 0 Å². The van der Waals surface area contributed by atoms with Gasteiger partial charge in [-0.25, -0.2) is 10.6 Å². The summed E-state index contributed by atoms with van der Waals surface area (Å²) in [7, 11) is 0. The minimum Gasteiger partial charge on any atom is -0.483 e. The molecule has 1 rings (SSSR count). The molecule has 128 valence electrons. The van der Waals surface area contributed by atoms with E-state index in [1.165, 1.54) is 0 Å². The van der Waals surface area contributed by atoms with Crippen molar-refractivity contribution >= 4 is 11.9 Å². The van der Waals surface area contributed by atoms with Crippen molar-refractivity contribution in [3.63, 3.8) is 0 Å². The first-order valence-corrected chi connectivity index (χ1v) is 8.00. The lowest BCUT2D eigenvalue weighted by molar-refractivity contribution is -0.123. The normalized spacial score (nSPS) is 11.6. The number of esters is 1. The standard InChI is InChI=1S/C17H26N2O4/c1-3-5-8-13(4-2)11-23-17(21)14-9-6-7-10-15(14)22-12-16(20)19-18/h6-7,9-10,13H,3-5,8,11-12,18H2,1-2H3,(H,19,20)/t13-/m0/s1. The van der Waals surface area contributed by atoms with E-state index in [0.29, 0.717) is 23.8 Å². The van der Waals surface area contributed by atoms with Gasteiger partial charge in [-0.1, -0.05) is 45.2 Å². The number of amides is 1. The second kappa shape index (κ2) is 10.6. The predicted octanol–water partition coefficient (Wildman–Crippen LogP) is 2.43. The van der Waals surface area contributed by atoms with Crippen molar-refractivity contribution in [3.8, 4) is 5.75 Å². The van der Waals surface area contributed by atoms with Gasteiger partial charge in [-0.15, -0.1) is 0 Å². The lowest BCUT2D eigenvalue weighted by atomic mass is 10.0. The van der Waals surface area contributed by atoms with E-state index in [-0.39, 0.29) is 6.61 Å². The van der Waals surface area contributed by atoms with E-state index in [2.05, 4.69) is 13.8 Å². The Morgan fingerprint density at radius 1 is 1.26 bits per heavy atom. The van der Waals surface area contributed by atoms with Gasteiger partial charge in [0.2, 0.25) is 0 Å². The molecule has 0 bridgehead atoms. The van der Waals surface area contributed by atoms with Crippen LogP contribution in [-0.4, -0.2) is 25.1 Å². The summed E-state index contributed by atoms with van der Waals surface area (Å²) in [6, 6.07) is 6.68. The Labute approximate surface area is 137 Å². The van der Waals surface area contributed by atoms with Gasteiger partial charge in [0.1, 0.15) is 11.3 Å². The summed E-state index contributed by atoms with van der Waals surface area (Å²) >= 11 is 0. The lowest BCUT2D eigenvalue weighted by Gasteiger charge is -2.15. The second-order valence-corrected chi connectivity index (χ2v) is 5.37. The van der Waals surface area contributed by atoms with E-state index < -0.39 is 11.9 Å². The molecule has 0 aliphatic rings. The first-order valence-electron chi connectivity index (χ1n) is 8.00. The van der Waals surface area contributed by atoms with Crippen molar-refractivity contribution in [2.75, 3.05) is 13.2 Å². The number of rotatable bonds is 10. The number of ether oxygens (including phenoxy) is 2. The summed E-state index contributed by atoms with van der Waals surface area (Å²) in [6.45, 7) is 4.38. The van der Waals surface area contributed by atoms with Crippen molar-refractivity contribution in [3.05, 3.63) is 29.8 Å². The number of nitrogens with one attached hydrogen (secondary N) is 1. The molecule has 6 nitrogen and oxygen atoms in total. The molecular weight excluding hydrogens is 296 g/mol. The number of hydrazine groups is 1. The molecule has 1 aromatic carbocycles. The van der Waals surface area contributed by atoms with Gasteiger partial charge in [0.25, 0.3) is 5.91 Å². The maximum absolute atomic E-state index is 12.2. The number of carbonyl (C=O) groups excluding carboxylic acids is 2. The highest BCUT2D eigenvalue weighted by Crippen LogP contribution is 2.20. The van der Waals surface area contributed by atoms with Gasteiger partial charge in [-0.3, -0.25) is 10.2 Å². The zero-order valence-corrected chi connectivity index (χ0v) is 13.8. The maximum atomic E-state index is 12.2. The van der Waals surface area contributed by atoms with Crippen molar-refractivity contribution < 1.29 is 19.1 Å². The highest BCUT2D eigenvalue weighted by molar-refractivity contribution is 5.92. The molecule has 0 saturated heterocycles. The summed E-state index contributed by atoms with van der Waals surface area (Å²) in [5.74, 6) is 4.76. The van der Waals surface area contributed by atoms with Crippen LogP contribution in [-0.2, 0) is 9.53 Å². The van der Waals surface area contributed by atoms with Gasteiger partial charge in [-0.05, 0) is 24.5 Å². The van der Waals surface area contributed by atoms with Crippen molar-refractivity contribution in [1.82, 2.24) is 5.43 Å². The molecule has 6 heteroatoms. The van der Waals surface area contributed by atoms with Crippen LogP contribution >= 0.6 is 0 Å². The Balaban J connectivity index is 2.63. The van der Waals surface area contributed by atoms with Gasteiger partial charge < -0.3 is 9.47 Å². The fourth-order valence-electron chi connectivity index (χ4n) is 2.12. The number of unbranched alkanes of at least 4 members (excludes halogenated alkanes) is 1. The lowest BCUT2D eigenvalue weighted by Crippen LogP contribution is -2.34. The van der Waals surface area contributed by atoms with Gasteiger partial charge >= 0.3 is 5.97 Å². The van der Waals surface area contributed by atoms with Crippen LogP contribution in [0.1, 0.15) is 49.9 Å². The largest absolute Gasteiger partial charge is 0.483 e. The zero-order chi connectivity index (χ0) is 17.1. The van der Waals surface area contributed by atoms with Crippen LogP contribution in [0.4, 0.5) is 0 Å². The first kappa shape index (κ1) is 19.0. The SMILES string of the molecule is CCCC[C@H](CC)COC(=O)c1ccccc1OCC(=O)NN. The molecule has 0 aliphatic carbocycles. The molecule has 3 N–H and O–H groups in total. The molecular formula is C17H26N2O4. The molecule has 23 heavy (non-hydrogen) atoms. The Hall–Kier alpha value is -2.08. The van der Waals surface area contributed by atoms with E-state index in [4.69, 9.17) is 15.3 Å². The van der Waals surface area contributed by atoms with E-state index >= 15 is 0 Å². The highest BCUT2D eigenvalue weighted by Gasteiger charge is 2.16. The summed E-state index contributed by atoms with van der Waals surface area (Å²) in [5, 5.41) is 0. The predicted molar refractivity (Wildman–Crippen MR) is 87.9 cm³/mol. The number of nitrogens with two attached hydrogens (primary N) is 1. The first-order chi connectivity index (χ1) is 11.1. The van der Waals surface area contributed by atoms with Gasteiger partial charge in [0.15, 0.2) is 6.61 Å². The quantitative estimate of drug-likeness (QED) is 0.299. The number of benzene rings is 1. The molecule has 1 atom stereocenters. The van der Waals surface area contributed by atoms with Crippen LogP contribution in [0.25, 0.3) is 0 Å². The van der Waals surface area contributed by atoms with E-state index in [1.54, 1.807) is 24.3 Å².